The highest BCUT2D eigenvalue weighted by Gasteiger charge is 2.01. The van der Waals surface area contributed by atoms with Crippen molar-refractivity contribution in [3.63, 3.8) is 0 Å². The predicted octanol–water partition coefficient (Wildman–Crippen LogP) is 4.37. The number of benzene rings is 1. The van der Waals surface area contributed by atoms with Crippen LogP contribution in [0, 0.1) is 0 Å². The van der Waals surface area contributed by atoms with Crippen LogP contribution in [0.2, 0.25) is 0 Å². The SMILES string of the molecule is CC.CCCCOc1cccc2[nH]ccc12. The first-order valence-electron chi connectivity index (χ1n) is 6.10. The van der Waals surface area contributed by atoms with Crippen molar-refractivity contribution in [2.75, 3.05) is 6.61 Å². The molecule has 0 bridgehead atoms. The van der Waals surface area contributed by atoms with Crippen molar-refractivity contribution in [1.29, 1.82) is 0 Å². The first-order chi connectivity index (χ1) is 7.92. The summed E-state index contributed by atoms with van der Waals surface area (Å²) in [6.45, 7) is 6.97. The van der Waals surface area contributed by atoms with E-state index in [1.165, 1.54) is 11.8 Å². The molecule has 1 N–H and O–H groups in total. The van der Waals surface area contributed by atoms with Gasteiger partial charge in [-0.1, -0.05) is 33.3 Å². The molecule has 2 nitrogen and oxygen atoms in total. The van der Waals surface area contributed by atoms with Crippen molar-refractivity contribution in [2.24, 2.45) is 0 Å². The number of hydrogen-bond acceptors (Lipinski definition) is 1. The van der Waals surface area contributed by atoms with Gasteiger partial charge in [-0.2, -0.15) is 0 Å². The van der Waals surface area contributed by atoms with Crippen molar-refractivity contribution in [3.8, 4) is 5.75 Å². The fraction of sp³-hybridized carbons (Fsp3) is 0.429. The summed E-state index contributed by atoms with van der Waals surface area (Å²) in [6, 6.07) is 8.14. The maximum atomic E-state index is 5.70. The minimum atomic E-state index is 0.806. The highest BCUT2D eigenvalue weighted by atomic mass is 16.5. The van der Waals surface area contributed by atoms with Crippen LogP contribution in [-0.2, 0) is 0 Å². The molecule has 0 aliphatic heterocycles. The molecule has 2 heteroatoms. The third-order valence-corrected chi connectivity index (χ3v) is 2.31. The normalized spacial score (nSPS) is 9.69. The number of aromatic nitrogens is 1. The number of aromatic amines is 1. The molecule has 88 valence electrons. The van der Waals surface area contributed by atoms with Crippen LogP contribution < -0.4 is 4.74 Å². The molecule has 0 fully saturated rings. The van der Waals surface area contributed by atoms with Crippen LogP contribution in [0.25, 0.3) is 10.9 Å². The third-order valence-electron chi connectivity index (χ3n) is 2.31. The maximum absolute atomic E-state index is 5.70. The van der Waals surface area contributed by atoms with Crippen molar-refractivity contribution in [1.82, 2.24) is 4.98 Å². The summed E-state index contributed by atoms with van der Waals surface area (Å²) in [6.07, 6.45) is 4.22. The van der Waals surface area contributed by atoms with E-state index in [0.29, 0.717) is 0 Å². The van der Waals surface area contributed by atoms with Gasteiger partial charge < -0.3 is 9.72 Å². The average molecular weight is 219 g/mol. The van der Waals surface area contributed by atoms with E-state index in [1.807, 2.05) is 32.2 Å². The molecular formula is C14H21NO. The van der Waals surface area contributed by atoms with E-state index >= 15 is 0 Å². The average Bonchev–Trinajstić information content (AvgIpc) is 2.81. The molecule has 0 aliphatic carbocycles. The number of fused-ring (bicyclic) bond motifs is 1. The van der Waals surface area contributed by atoms with Gasteiger partial charge in [0.25, 0.3) is 0 Å². The molecular weight excluding hydrogens is 198 g/mol. The minimum Gasteiger partial charge on any atom is -0.493 e. The highest BCUT2D eigenvalue weighted by molar-refractivity contribution is 5.85. The Balaban J connectivity index is 0.000000606. The number of ether oxygens (including phenoxy) is 1. The molecule has 0 unspecified atom stereocenters. The second-order valence-electron chi connectivity index (χ2n) is 3.40. The van der Waals surface area contributed by atoms with E-state index in [1.54, 1.807) is 0 Å². The zero-order valence-corrected chi connectivity index (χ0v) is 10.4. The Morgan fingerprint density at radius 2 is 2.00 bits per heavy atom. The van der Waals surface area contributed by atoms with E-state index in [4.69, 9.17) is 4.74 Å². The predicted molar refractivity (Wildman–Crippen MR) is 70.0 cm³/mol. The molecule has 1 heterocycles. The van der Waals surface area contributed by atoms with Gasteiger partial charge in [-0.05, 0) is 24.6 Å². The summed E-state index contributed by atoms with van der Waals surface area (Å²) in [4.78, 5) is 3.17. The second-order valence-corrected chi connectivity index (χ2v) is 3.40. The Morgan fingerprint density at radius 3 is 2.75 bits per heavy atom. The zero-order chi connectivity index (χ0) is 11.8. The van der Waals surface area contributed by atoms with Gasteiger partial charge in [-0.3, -0.25) is 0 Å². The first-order valence-corrected chi connectivity index (χ1v) is 6.10. The largest absolute Gasteiger partial charge is 0.493 e. The van der Waals surface area contributed by atoms with Crippen molar-refractivity contribution in [2.45, 2.75) is 33.6 Å². The lowest BCUT2D eigenvalue weighted by Gasteiger charge is -2.05. The van der Waals surface area contributed by atoms with E-state index in [2.05, 4.69) is 24.0 Å². The lowest BCUT2D eigenvalue weighted by atomic mass is 10.2. The van der Waals surface area contributed by atoms with Crippen molar-refractivity contribution in [3.05, 3.63) is 30.5 Å². The monoisotopic (exact) mass is 219 g/mol. The van der Waals surface area contributed by atoms with E-state index in [9.17, 15) is 0 Å². The lowest BCUT2D eigenvalue weighted by molar-refractivity contribution is 0.313. The van der Waals surface area contributed by atoms with Gasteiger partial charge in [0, 0.05) is 17.1 Å². The molecule has 2 aromatic rings. The van der Waals surface area contributed by atoms with Crippen molar-refractivity contribution >= 4 is 10.9 Å². The molecule has 0 atom stereocenters. The minimum absolute atomic E-state index is 0.806. The number of nitrogens with one attached hydrogen (secondary N) is 1. The van der Waals surface area contributed by atoms with Crippen LogP contribution in [0.3, 0.4) is 0 Å². The number of unbranched alkanes of at least 4 members (excludes halogenated alkanes) is 1. The Morgan fingerprint density at radius 1 is 1.19 bits per heavy atom. The van der Waals surface area contributed by atoms with E-state index < -0.39 is 0 Å². The van der Waals surface area contributed by atoms with Gasteiger partial charge in [0.15, 0.2) is 0 Å². The standard InChI is InChI=1S/C12H15NO.C2H6/c1-2-3-9-14-12-6-4-5-11-10(12)7-8-13-11;1-2/h4-8,13H,2-3,9H2,1H3;1-2H3. The molecule has 0 amide bonds. The van der Waals surface area contributed by atoms with Crippen LogP contribution >= 0.6 is 0 Å². The summed E-state index contributed by atoms with van der Waals surface area (Å²) in [5.41, 5.74) is 1.14. The summed E-state index contributed by atoms with van der Waals surface area (Å²) in [5.74, 6) is 0.984. The van der Waals surface area contributed by atoms with Crippen molar-refractivity contribution < 1.29 is 4.74 Å². The molecule has 0 spiro atoms. The maximum Gasteiger partial charge on any atom is 0.128 e. The molecule has 0 saturated heterocycles. The fourth-order valence-corrected chi connectivity index (χ4v) is 1.51. The van der Waals surface area contributed by atoms with Gasteiger partial charge in [0.1, 0.15) is 5.75 Å². The summed E-state index contributed by atoms with van der Waals surface area (Å²) in [5, 5.41) is 1.17. The summed E-state index contributed by atoms with van der Waals surface area (Å²) in [7, 11) is 0. The van der Waals surface area contributed by atoms with Crippen LogP contribution in [0.1, 0.15) is 33.6 Å². The van der Waals surface area contributed by atoms with Crippen LogP contribution in [-0.4, -0.2) is 11.6 Å². The molecule has 16 heavy (non-hydrogen) atoms. The van der Waals surface area contributed by atoms with Gasteiger partial charge >= 0.3 is 0 Å². The molecule has 1 aromatic heterocycles. The topological polar surface area (TPSA) is 25.0 Å². The van der Waals surface area contributed by atoms with E-state index in [0.717, 1.165) is 24.3 Å². The molecule has 0 saturated carbocycles. The fourth-order valence-electron chi connectivity index (χ4n) is 1.51. The smallest absolute Gasteiger partial charge is 0.128 e. The Kier molecular flexibility index (Phi) is 5.48. The van der Waals surface area contributed by atoms with Gasteiger partial charge in [-0.25, -0.2) is 0 Å². The number of hydrogen-bond donors (Lipinski definition) is 1. The highest BCUT2D eigenvalue weighted by Crippen LogP contribution is 2.24. The number of H-pyrrole nitrogens is 1. The molecule has 1 aromatic carbocycles. The first kappa shape index (κ1) is 12.6. The Labute approximate surface area is 97.6 Å². The van der Waals surface area contributed by atoms with E-state index in [-0.39, 0.29) is 0 Å². The molecule has 2 rings (SSSR count). The molecule has 0 radical (unpaired) electrons. The second kappa shape index (κ2) is 6.94. The lowest BCUT2D eigenvalue weighted by Crippen LogP contribution is -1.96. The molecule has 0 aliphatic rings. The quantitative estimate of drug-likeness (QED) is 0.759. The van der Waals surface area contributed by atoms with Gasteiger partial charge in [0.2, 0.25) is 0 Å². The van der Waals surface area contributed by atoms with Crippen LogP contribution in [0.4, 0.5) is 0 Å². The van der Waals surface area contributed by atoms with Gasteiger partial charge in [0.05, 0.1) is 6.61 Å². The Bertz CT molecular complexity index is 406. The zero-order valence-electron chi connectivity index (χ0n) is 10.4. The number of rotatable bonds is 4. The van der Waals surface area contributed by atoms with Crippen LogP contribution in [0.5, 0.6) is 5.75 Å². The van der Waals surface area contributed by atoms with Gasteiger partial charge in [-0.15, -0.1) is 0 Å². The summed E-state index contributed by atoms with van der Waals surface area (Å²) >= 11 is 0. The third kappa shape index (κ3) is 3.02. The van der Waals surface area contributed by atoms with Crippen LogP contribution in [0.15, 0.2) is 30.5 Å². The Hall–Kier alpha value is -1.44. The summed E-state index contributed by atoms with van der Waals surface area (Å²) < 4.78 is 5.70.